The Kier molecular flexibility index (Phi) is 4.51. The molecule has 0 radical (unpaired) electrons. The molecule has 1 N–H and O–H groups in total. The second-order valence-corrected chi connectivity index (χ2v) is 6.14. The summed E-state index contributed by atoms with van der Waals surface area (Å²) in [4.78, 5) is 1.29. The average Bonchev–Trinajstić information content (AvgIpc) is 2.55. The standard InChI is InChI=1S/C18H21NOS/c1-3-19-16-12-18(13-8-10-14(21-2)11-9-13)20-17-7-5-4-6-15(16)17/h4-11,16,18-19H,3,12H2,1-2H3. The molecule has 21 heavy (non-hydrogen) atoms. The molecule has 110 valence electrons. The SMILES string of the molecule is CCNC1CC(c2ccc(SC)cc2)Oc2ccccc21. The molecule has 0 amide bonds. The van der Waals surface area contributed by atoms with Gasteiger partial charge >= 0.3 is 0 Å². The largest absolute Gasteiger partial charge is 0.485 e. The lowest BCUT2D eigenvalue weighted by Gasteiger charge is -2.33. The van der Waals surface area contributed by atoms with Crippen molar-refractivity contribution in [1.82, 2.24) is 5.32 Å². The Bertz CT molecular complexity index is 596. The zero-order chi connectivity index (χ0) is 14.7. The fraction of sp³-hybridized carbons (Fsp3) is 0.333. The van der Waals surface area contributed by atoms with Crippen molar-refractivity contribution < 1.29 is 4.74 Å². The predicted octanol–water partition coefficient (Wildman–Crippen LogP) is 4.58. The smallest absolute Gasteiger partial charge is 0.126 e. The van der Waals surface area contributed by atoms with Crippen molar-refractivity contribution in [2.75, 3.05) is 12.8 Å². The first-order valence-corrected chi connectivity index (χ1v) is 8.67. The highest BCUT2D eigenvalue weighted by atomic mass is 32.2. The monoisotopic (exact) mass is 299 g/mol. The summed E-state index contributed by atoms with van der Waals surface area (Å²) in [6, 6.07) is 17.4. The number of fused-ring (bicyclic) bond motifs is 1. The summed E-state index contributed by atoms with van der Waals surface area (Å²) < 4.78 is 6.22. The molecule has 3 heteroatoms. The molecule has 0 saturated carbocycles. The van der Waals surface area contributed by atoms with E-state index in [1.807, 2.05) is 6.07 Å². The lowest BCUT2D eigenvalue weighted by Crippen LogP contribution is -2.28. The zero-order valence-electron chi connectivity index (χ0n) is 12.5. The molecule has 0 saturated heterocycles. The number of thioether (sulfide) groups is 1. The molecule has 0 bridgehead atoms. The van der Waals surface area contributed by atoms with Crippen LogP contribution in [0.5, 0.6) is 5.75 Å². The van der Waals surface area contributed by atoms with Crippen LogP contribution in [0.4, 0.5) is 0 Å². The summed E-state index contributed by atoms with van der Waals surface area (Å²) in [5.74, 6) is 1.01. The van der Waals surface area contributed by atoms with Crippen molar-refractivity contribution in [1.29, 1.82) is 0 Å². The van der Waals surface area contributed by atoms with E-state index in [2.05, 4.69) is 61.0 Å². The van der Waals surface area contributed by atoms with Gasteiger partial charge in [0, 0.05) is 22.9 Å². The van der Waals surface area contributed by atoms with Gasteiger partial charge < -0.3 is 10.1 Å². The molecule has 2 unspecified atom stereocenters. The van der Waals surface area contributed by atoms with Crippen LogP contribution in [0, 0.1) is 0 Å². The Morgan fingerprint density at radius 3 is 2.62 bits per heavy atom. The number of benzene rings is 2. The first-order chi connectivity index (χ1) is 10.3. The first kappa shape index (κ1) is 14.5. The van der Waals surface area contributed by atoms with Gasteiger partial charge in [0.25, 0.3) is 0 Å². The van der Waals surface area contributed by atoms with E-state index in [9.17, 15) is 0 Å². The van der Waals surface area contributed by atoms with Crippen molar-refractivity contribution >= 4 is 11.8 Å². The number of hydrogen-bond donors (Lipinski definition) is 1. The molecule has 1 aliphatic heterocycles. The number of hydrogen-bond acceptors (Lipinski definition) is 3. The quantitative estimate of drug-likeness (QED) is 0.835. The van der Waals surface area contributed by atoms with Crippen LogP contribution < -0.4 is 10.1 Å². The summed E-state index contributed by atoms with van der Waals surface area (Å²) in [7, 11) is 0. The Labute approximate surface area is 130 Å². The molecule has 0 aliphatic carbocycles. The third kappa shape index (κ3) is 3.09. The molecule has 1 aliphatic rings. The Morgan fingerprint density at radius 2 is 1.90 bits per heavy atom. The molecule has 0 fully saturated rings. The first-order valence-electron chi connectivity index (χ1n) is 7.44. The summed E-state index contributed by atoms with van der Waals surface area (Å²) in [6.45, 7) is 3.12. The van der Waals surface area contributed by atoms with Crippen LogP contribution >= 0.6 is 11.8 Å². The van der Waals surface area contributed by atoms with E-state index in [0.717, 1.165) is 18.7 Å². The van der Waals surface area contributed by atoms with Crippen molar-refractivity contribution in [3.8, 4) is 5.75 Å². The molecular weight excluding hydrogens is 278 g/mol. The molecule has 0 aromatic heterocycles. The Hall–Kier alpha value is -1.45. The molecule has 2 aromatic carbocycles. The summed E-state index contributed by atoms with van der Waals surface area (Å²) in [6.07, 6.45) is 3.20. The highest BCUT2D eigenvalue weighted by Crippen LogP contribution is 2.40. The van der Waals surface area contributed by atoms with Crippen molar-refractivity contribution in [3.05, 3.63) is 59.7 Å². The molecule has 0 spiro atoms. The average molecular weight is 299 g/mol. The number of rotatable bonds is 4. The minimum absolute atomic E-state index is 0.125. The molecule has 2 aromatic rings. The summed E-state index contributed by atoms with van der Waals surface area (Å²) >= 11 is 1.77. The van der Waals surface area contributed by atoms with Gasteiger partial charge in [-0.3, -0.25) is 0 Å². The van der Waals surface area contributed by atoms with Crippen molar-refractivity contribution in [2.45, 2.75) is 30.4 Å². The molecule has 1 heterocycles. The molecule has 2 nitrogen and oxygen atoms in total. The van der Waals surface area contributed by atoms with Gasteiger partial charge in [-0.05, 0) is 36.6 Å². The third-order valence-corrected chi connectivity index (χ3v) is 4.70. The van der Waals surface area contributed by atoms with Crippen LogP contribution in [-0.4, -0.2) is 12.8 Å². The fourth-order valence-electron chi connectivity index (χ4n) is 2.88. The normalized spacial score (nSPS) is 20.7. The maximum Gasteiger partial charge on any atom is 0.126 e. The fourth-order valence-corrected chi connectivity index (χ4v) is 3.29. The number of para-hydroxylation sites is 1. The minimum Gasteiger partial charge on any atom is -0.485 e. The predicted molar refractivity (Wildman–Crippen MR) is 89.1 cm³/mol. The van der Waals surface area contributed by atoms with Gasteiger partial charge in [0.15, 0.2) is 0 Å². The van der Waals surface area contributed by atoms with E-state index in [0.29, 0.717) is 6.04 Å². The lowest BCUT2D eigenvalue weighted by atomic mass is 9.93. The Balaban J connectivity index is 1.88. The highest BCUT2D eigenvalue weighted by Gasteiger charge is 2.28. The topological polar surface area (TPSA) is 21.3 Å². The van der Waals surface area contributed by atoms with Gasteiger partial charge in [0.05, 0.1) is 0 Å². The van der Waals surface area contributed by atoms with Gasteiger partial charge in [-0.15, -0.1) is 11.8 Å². The van der Waals surface area contributed by atoms with Crippen LogP contribution in [-0.2, 0) is 0 Å². The van der Waals surface area contributed by atoms with Gasteiger partial charge in [-0.2, -0.15) is 0 Å². The minimum atomic E-state index is 0.125. The summed E-state index contributed by atoms with van der Waals surface area (Å²) in [5, 5.41) is 3.58. The van der Waals surface area contributed by atoms with Crippen LogP contribution in [0.25, 0.3) is 0 Å². The maximum atomic E-state index is 6.22. The van der Waals surface area contributed by atoms with E-state index in [1.54, 1.807) is 11.8 Å². The maximum absolute atomic E-state index is 6.22. The van der Waals surface area contributed by atoms with Crippen LogP contribution in [0.2, 0.25) is 0 Å². The highest BCUT2D eigenvalue weighted by molar-refractivity contribution is 7.98. The van der Waals surface area contributed by atoms with Gasteiger partial charge in [0.2, 0.25) is 0 Å². The van der Waals surface area contributed by atoms with Crippen molar-refractivity contribution in [2.24, 2.45) is 0 Å². The van der Waals surface area contributed by atoms with E-state index in [-0.39, 0.29) is 6.10 Å². The third-order valence-electron chi connectivity index (χ3n) is 3.95. The van der Waals surface area contributed by atoms with Crippen molar-refractivity contribution in [3.63, 3.8) is 0 Å². The second kappa shape index (κ2) is 6.54. The lowest BCUT2D eigenvalue weighted by molar-refractivity contribution is 0.152. The van der Waals surface area contributed by atoms with Crippen LogP contribution in [0.15, 0.2) is 53.4 Å². The van der Waals surface area contributed by atoms with E-state index < -0.39 is 0 Å². The zero-order valence-corrected chi connectivity index (χ0v) is 13.3. The molecular formula is C18H21NOS. The Morgan fingerprint density at radius 1 is 1.14 bits per heavy atom. The van der Waals surface area contributed by atoms with Crippen LogP contribution in [0.3, 0.4) is 0 Å². The van der Waals surface area contributed by atoms with E-state index in [4.69, 9.17) is 4.74 Å². The van der Waals surface area contributed by atoms with E-state index in [1.165, 1.54) is 16.0 Å². The molecule has 2 atom stereocenters. The van der Waals surface area contributed by atoms with Gasteiger partial charge in [-0.25, -0.2) is 0 Å². The van der Waals surface area contributed by atoms with Gasteiger partial charge in [0.1, 0.15) is 11.9 Å². The summed E-state index contributed by atoms with van der Waals surface area (Å²) in [5.41, 5.74) is 2.53. The number of nitrogens with one attached hydrogen (secondary N) is 1. The van der Waals surface area contributed by atoms with Gasteiger partial charge in [-0.1, -0.05) is 37.3 Å². The van der Waals surface area contributed by atoms with E-state index >= 15 is 0 Å². The molecule has 3 rings (SSSR count). The van der Waals surface area contributed by atoms with Crippen LogP contribution in [0.1, 0.15) is 36.6 Å². The number of ether oxygens (including phenoxy) is 1. The second-order valence-electron chi connectivity index (χ2n) is 5.26.